The Bertz CT molecular complexity index is 1110. The molecule has 1 atom stereocenters. The van der Waals surface area contributed by atoms with E-state index in [0.29, 0.717) is 12.0 Å². The second-order valence-corrected chi connectivity index (χ2v) is 6.81. The number of amides is 1. The fourth-order valence-electron chi connectivity index (χ4n) is 3.35. The van der Waals surface area contributed by atoms with Crippen molar-refractivity contribution in [3.8, 4) is 5.69 Å². The fraction of sp³-hybridized carbons (Fsp3) is 0.182. The Kier molecular flexibility index (Phi) is 4.85. The number of aryl methyl sites for hydroxylation is 1. The molecule has 2 aromatic heterocycles. The maximum absolute atomic E-state index is 12.7. The Morgan fingerprint density at radius 1 is 1.14 bits per heavy atom. The molecular formula is C22H21N5O. The summed E-state index contributed by atoms with van der Waals surface area (Å²) in [7, 11) is 0. The third kappa shape index (κ3) is 3.62. The van der Waals surface area contributed by atoms with E-state index >= 15 is 0 Å². The average Bonchev–Trinajstić information content (AvgIpc) is 3.04. The number of aromatic nitrogens is 4. The van der Waals surface area contributed by atoms with Crippen molar-refractivity contribution in [2.45, 2.75) is 26.3 Å². The van der Waals surface area contributed by atoms with E-state index in [1.54, 1.807) is 18.6 Å². The molecule has 0 saturated heterocycles. The molecule has 1 N–H and O–H groups in total. The zero-order chi connectivity index (χ0) is 19.5. The van der Waals surface area contributed by atoms with Crippen molar-refractivity contribution in [3.63, 3.8) is 0 Å². The third-order valence-electron chi connectivity index (χ3n) is 4.61. The van der Waals surface area contributed by atoms with Crippen LogP contribution in [0.25, 0.3) is 16.7 Å². The van der Waals surface area contributed by atoms with Crippen LogP contribution in [0.3, 0.4) is 0 Å². The number of fused-ring (bicyclic) bond motifs is 1. The van der Waals surface area contributed by atoms with Gasteiger partial charge in [-0.25, -0.2) is 4.98 Å². The van der Waals surface area contributed by atoms with E-state index < -0.39 is 0 Å². The van der Waals surface area contributed by atoms with Crippen LogP contribution in [-0.2, 0) is 6.42 Å². The summed E-state index contributed by atoms with van der Waals surface area (Å²) in [5.74, 6) is 0.764. The monoisotopic (exact) mass is 371 g/mol. The zero-order valence-electron chi connectivity index (χ0n) is 15.8. The lowest BCUT2D eigenvalue weighted by Crippen LogP contribution is -2.34. The minimum atomic E-state index is -0.120. The topological polar surface area (TPSA) is 72.7 Å². The predicted molar refractivity (Wildman–Crippen MR) is 108 cm³/mol. The van der Waals surface area contributed by atoms with Gasteiger partial charge in [-0.05, 0) is 44.2 Å². The second-order valence-electron chi connectivity index (χ2n) is 6.81. The second kappa shape index (κ2) is 7.60. The minimum Gasteiger partial charge on any atom is -0.349 e. The molecule has 28 heavy (non-hydrogen) atoms. The van der Waals surface area contributed by atoms with Crippen LogP contribution in [0, 0.1) is 6.92 Å². The summed E-state index contributed by atoms with van der Waals surface area (Å²) < 4.78 is 2.09. The number of carbonyl (C=O) groups is 1. The lowest BCUT2D eigenvalue weighted by molar-refractivity contribution is 0.0940. The maximum atomic E-state index is 12.7. The number of carbonyl (C=O) groups excluding carboxylic acids is 1. The summed E-state index contributed by atoms with van der Waals surface area (Å²) in [4.78, 5) is 25.6. The van der Waals surface area contributed by atoms with Crippen molar-refractivity contribution in [2.75, 3.05) is 0 Å². The van der Waals surface area contributed by atoms with Gasteiger partial charge in [0.2, 0.25) is 0 Å². The molecule has 0 aliphatic rings. The highest BCUT2D eigenvalue weighted by Crippen LogP contribution is 2.22. The molecule has 140 valence electrons. The Morgan fingerprint density at radius 3 is 2.71 bits per heavy atom. The van der Waals surface area contributed by atoms with Gasteiger partial charge in [0, 0.05) is 42.3 Å². The largest absolute Gasteiger partial charge is 0.349 e. The molecule has 0 fully saturated rings. The number of para-hydroxylation sites is 1. The van der Waals surface area contributed by atoms with Gasteiger partial charge >= 0.3 is 0 Å². The van der Waals surface area contributed by atoms with Crippen LogP contribution in [-0.4, -0.2) is 31.5 Å². The summed E-state index contributed by atoms with van der Waals surface area (Å²) in [6.45, 7) is 3.93. The van der Waals surface area contributed by atoms with E-state index in [-0.39, 0.29) is 11.9 Å². The molecule has 4 aromatic rings. The summed E-state index contributed by atoms with van der Waals surface area (Å²) >= 11 is 0. The number of nitrogens with zero attached hydrogens (tertiary/aromatic N) is 4. The lowest BCUT2D eigenvalue weighted by atomic mass is 10.1. The molecule has 4 rings (SSSR count). The Balaban J connectivity index is 1.55. The number of hydrogen-bond acceptors (Lipinski definition) is 4. The zero-order valence-corrected chi connectivity index (χ0v) is 15.8. The first-order chi connectivity index (χ1) is 13.6. The lowest BCUT2D eigenvalue weighted by Gasteiger charge is -2.13. The van der Waals surface area contributed by atoms with Crippen molar-refractivity contribution < 1.29 is 4.79 Å². The van der Waals surface area contributed by atoms with E-state index in [0.717, 1.165) is 28.2 Å². The number of imidazole rings is 1. The predicted octanol–water partition coefficient (Wildman–Crippen LogP) is 3.48. The van der Waals surface area contributed by atoms with Crippen molar-refractivity contribution in [1.29, 1.82) is 0 Å². The van der Waals surface area contributed by atoms with E-state index in [1.807, 2.05) is 62.4 Å². The first-order valence-electron chi connectivity index (χ1n) is 9.22. The van der Waals surface area contributed by atoms with Crippen LogP contribution in [0.1, 0.15) is 28.8 Å². The van der Waals surface area contributed by atoms with Gasteiger partial charge in [-0.2, -0.15) is 0 Å². The first kappa shape index (κ1) is 17.9. The molecule has 6 nitrogen and oxygen atoms in total. The van der Waals surface area contributed by atoms with Crippen LogP contribution in [0.5, 0.6) is 0 Å². The van der Waals surface area contributed by atoms with E-state index in [4.69, 9.17) is 0 Å². The standard InChI is InChI=1S/C22H21N5O/c1-15(12-18-14-23-10-11-24-18)25-22(28)17-8-9-21-20(13-17)26-16(2)27(21)19-6-4-3-5-7-19/h3-11,13-15H,12H2,1-2H3,(H,25,28). The molecule has 0 aliphatic heterocycles. The molecule has 0 bridgehead atoms. The van der Waals surface area contributed by atoms with Gasteiger partial charge in [0.05, 0.1) is 16.7 Å². The Morgan fingerprint density at radius 2 is 1.96 bits per heavy atom. The Hall–Kier alpha value is -3.54. The molecule has 0 saturated carbocycles. The molecule has 0 aliphatic carbocycles. The summed E-state index contributed by atoms with van der Waals surface area (Å²) in [5, 5.41) is 3.02. The molecule has 2 heterocycles. The van der Waals surface area contributed by atoms with Gasteiger partial charge < -0.3 is 5.32 Å². The van der Waals surface area contributed by atoms with Crippen molar-refractivity contribution in [2.24, 2.45) is 0 Å². The molecule has 1 amide bonds. The van der Waals surface area contributed by atoms with E-state index in [2.05, 4.69) is 24.8 Å². The maximum Gasteiger partial charge on any atom is 0.251 e. The van der Waals surface area contributed by atoms with Crippen LogP contribution in [0.4, 0.5) is 0 Å². The van der Waals surface area contributed by atoms with E-state index in [9.17, 15) is 4.79 Å². The van der Waals surface area contributed by atoms with Crippen LogP contribution >= 0.6 is 0 Å². The van der Waals surface area contributed by atoms with Gasteiger partial charge in [-0.3, -0.25) is 19.3 Å². The highest BCUT2D eigenvalue weighted by atomic mass is 16.1. The number of benzene rings is 2. The summed E-state index contributed by atoms with van der Waals surface area (Å²) in [5.41, 5.74) is 4.28. The van der Waals surface area contributed by atoms with Gasteiger partial charge in [0.15, 0.2) is 0 Å². The Labute approximate surface area is 163 Å². The van der Waals surface area contributed by atoms with Crippen molar-refractivity contribution >= 4 is 16.9 Å². The van der Waals surface area contributed by atoms with Crippen molar-refractivity contribution in [3.05, 3.63) is 84.2 Å². The SMILES string of the molecule is Cc1nc2cc(C(=O)NC(C)Cc3cnccn3)ccc2n1-c1ccccc1. The van der Waals surface area contributed by atoms with Gasteiger partial charge in [-0.1, -0.05) is 18.2 Å². The van der Waals surface area contributed by atoms with E-state index in [1.165, 1.54) is 0 Å². The molecule has 2 aromatic carbocycles. The molecule has 0 spiro atoms. The summed E-state index contributed by atoms with van der Waals surface area (Å²) in [6.07, 6.45) is 5.64. The van der Waals surface area contributed by atoms with Crippen LogP contribution < -0.4 is 5.32 Å². The molecule has 6 heteroatoms. The molecule has 0 radical (unpaired) electrons. The van der Waals surface area contributed by atoms with Gasteiger partial charge in [0.25, 0.3) is 5.91 Å². The van der Waals surface area contributed by atoms with Gasteiger partial charge in [0.1, 0.15) is 5.82 Å². The quantitative estimate of drug-likeness (QED) is 0.583. The normalized spacial score (nSPS) is 12.1. The average molecular weight is 371 g/mol. The third-order valence-corrected chi connectivity index (χ3v) is 4.61. The van der Waals surface area contributed by atoms with Gasteiger partial charge in [-0.15, -0.1) is 0 Å². The van der Waals surface area contributed by atoms with Crippen LogP contribution in [0.2, 0.25) is 0 Å². The molecule has 1 unspecified atom stereocenters. The molecular weight excluding hydrogens is 350 g/mol. The number of hydrogen-bond donors (Lipinski definition) is 1. The highest BCUT2D eigenvalue weighted by molar-refractivity contribution is 5.97. The minimum absolute atomic E-state index is 0.0523. The first-order valence-corrected chi connectivity index (χ1v) is 9.22. The van der Waals surface area contributed by atoms with Crippen LogP contribution in [0.15, 0.2) is 67.1 Å². The summed E-state index contributed by atoms with van der Waals surface area (Å²) in [6, 6.07) is 15.7. The number of nitrogens with one attached hydrogen (secondary N) is 1. The highest BCUT2D eigenvalue weighted by Gasteiger charge is 2.14. The smallest absolute Gasteiger partial charge is 0.251 e. The van der Waals surface area contributed by atoms with Crippen molar-refractivity contribution in [1.82, 2.24) is 24.8 Å². The number of rotatable bonds is 5. The fourth-order valence-corrected chi connectivity index (χ4v) is 3.35.